The molecule has 8 heteroatoms. The van der Waals surface area contributed by atoms with Gasteiger partial charge < -0.3 is 19.7 Å². The van der Waals surface area contributed by atoms with Gasteiger partial charge in [-0.15, -0.1) is 0 Å². The van der Waals surface area contributed by atoms with Gasteiger partial charge in [-0.25, -0.2) is 4.79 Å². The molecule has 0 fully saturated rings. The van der Waals surface area contributed by atoms with Gasteiger partial charge in [0.25, 0.3) is 11.8 Å². The summed E-state index contributed by atoms with van der Waals surface area (Å²) in [7, 11) is 1.30. The summed E-state index contributed by atoms with van der Waals surface area (Å²) in [5.41, 5.74) is 3.47. The van der Waals surface area contributed by atoms with Gasteiger partial charge in [0, 0.05) is 23.0 Å². The van der Waals surface area contributed by atoms with Crippen LogP contribution in [0.2, 0.25) is 5.02 Å². The van der Waals surface area contributed by atoms with Crippen molar-refractivity contribution in [3.8, 4) is 5.75 Å². The van der Waals surface area contributed by atoms with Gasteiger partial charge in [-0.05, 0) is 60.9 Å². The maximum Gasteiger partial charge on any atom is 0.340 e. The van der Waals surface area contributed by atoms with Crippen molar-refractivity contribution in [3.63, 3.8) is 0 Å². The number of anilines is 1. The van der Waals surface area contributed by atoms with E-state index in [1.54, 1.807) is 66.4 Å². The first-order chi connectivity index (χ1) is 18.4. The van der Waals surface area contributed by atoms with Crippen molar-refractivity contribution in [2.45, 2.75) is 13.3 Å². The largest absolute Gasteiger partial charge is 0.484 e. The zero-order valence-corrected chi connectivity index (χ0v) is 21.8. The van der Waals surface area contributed by atoms with Crippen molar-refractivity contribution in [1.29, 1.82) is 0 Å². The number of rotatable bonds is 9. The molecule has 1 aliphatic heterocycles. The summed E-state index contributed by atoms with van der Waals surface area (Å²) in [6.07, 6.45) is 2.32. The molecule has 194 valence electrons. The molecule has 3 aromatic carbocycles. The summed E-state index contributed by atoms with van der Waals surface area (Å²) in [5, 5.41) is 3.24. The van der Waals surface area contributed by atoms with Crippen LogP contribution >= 0.6 is 11.6 Å². The molecule has 1 heterocycles. The Kier molecular flexibility index (Phi) is 8.61. The van der Waals surface area contributed by atoms with Crippen LogP contribution < -0.4 is 10.1 Å². The number of carbonyl (C=O) groups is 3. The minimum Gasteiger partial charge on any atom is -0.484 e. The molecule has 38 heavy (non-hydrogen) atoms. The van der Waals surface area contributed by atoms with Crippen molar-refractivity contribution >= 4 is 41.1 Å². The van der Waals surface area contributed by atoms with E-state index < -0.39 is 5.97 Å². The Bertz CT molecular complexity index is 1400. The van der Waals surface area contributed by atoms with Crippen LogP contribution in [-0.2, 0) is 25.5 Å². The van der Waals surface area contributed by atoms with Crippen LogP contribution in [0.15, 0.2) is 95.7 Å². The van der Waals surface area contributed by atoms with E-state index in [0.29, 0.717) is 40.7 Å². The summed E-state index contributed by atoms with van der Waals surface area (Å²) in [4.78, 5) is 39.7. The Morgan fingerprint density at radius 3 is 2.42 bits per heavy atom. The van der Waals surface area contributed by atoms with Gasteiger partial charge in [0.05, 0.1) is 18.3 Å². The molecule has 2 amide bonds. The molecular formula is C30H27ClN2O5. The lowest BCUT2D eigenvalue weighted by Gasteiger charge is -2.17. The van der Waals surface area contributed by atoms with Crippen molar-refractivity contribution in [2.75, 3.05) is 25.6 Å². The number of halogens is 1. The summed E-state index contributed by atoms with van der Waals surface area (Å²) < 4.78 is 10.5. The number of esters is 1. The van der Waals surface area contributed by atoms with Gasteiger partial charge in [-0.1, -0.05) is 60.1 Å². The van der Waals surface area contributed by atoms with Crippen LogP contribution in [0.4, 0.5) is 5.69 Å². The first-order valence-electron chi connectivity index (χ1n) is 12.0. The zero-order chi connectivity index (χ0) is 27.1. The number of nitrogens with one attached hydrogen (secondary N) is 1. The van der Waals surface area contributed by atoms with E-state index in [2.05, 4.69) is 5.32 Å². The number of allylic oxidation sites excluding steroid dienone is 1. The van der Waals surface area contributed by atoms with E-state index in [9.17, 15) is 14.4 Å². The van der Waals surface area contributed by atoms with E-state index in [0.717, 1.165) is 5.56 Å². The first-order valence-corrected chi connectivity index (χ1v) is 12.4. The number of nitrogens with zero attached hydrogens (tertiary/aromatic N) is 1. The van der Waals surface area contributed by atoms with Crippen molar-refractivity contribution in [1.82, 2.24) is 4.90 Å². The normalized spacial score (nSPS) is 14.1. The highest BCUT2D eigenvalue weighted by atomic mass is 35.5. The molecule has 0 aromatic heterocycles. The second kappa shape index (κ2) is 12.3. The molecule has 0 bridgehead atoms. The van der Waals surface area contributed by atoms with E-state index in [1.807, 2.05) is 30.3 Å². The van der Waals surface area contributed by atoms with E-state index in [-0.39, 0.29) is 29.6 Å². The standard InChI is InChI=1S/C30H27ClN2O5/c1-20-28(30(36)37-2)26(29(35)33(20)16-15-21-7-4-3-5-8-21)17-22-11-13-25(14-12-22)38-19-27(34)32-24-10-6-9-23(31)18-24/h3-14,17-18H,15-16,19H2,1-2H3,(H,32,34). The second-order valence-corrected chi connectivity index (χ2v) is 9.06. The van der Waals surface area contributed by atoms with Crippen LogP contribution in [-0.4, -0.2) is 42.9 Å². The Labute approximate surface area is 226 Å². The number of benzene rings is 3. The fraction of sp³-hybridized carbons (Fsp3) is 0.167. The van der Waals surface area contributed by atoms with E-state index in [4.69, 9.17) is 21.1 Å². The lowest BCUT2D eigenvalue weighted by atomic mass is 10.0. The fourth-order valence-corrected chi connectivity index (χ4v) is 4.31. The molecular weight excluding hydrogens is 504 g/mol. The van der Waals surface area contributed by atoms with Crippen LogP contribution in [0, 0.1) is 0 Å². The van der Waals surface area contributed by atoms with Crippen LogP contribution in [0.25, 0.3) is 6.08 Å². The maximum absolute atomic E-state index is 13.3. The number of hydrogen-bond donors (Lipinski definition) is 1. The molecule has 3 aromatic rings. The second-order valence-electron chi connectivity index (χ2n) is 8.62. The molecule has 0 spiro atoms. The maximum atomic E-state index is 13.3. The third kappa shape index (κ3) is 6.49. The van der Waals surface area contributed by atoms with Gasteiger partial charge in [0.2, 0.25) is 0 Å². The van der Waals surface area contributed by atoms with Gasteiger partial charge in [0.15, 0.2) is 6.61 Å². The third-order valence-electron chi connectivity index (χ3n) is 6.04. The van der Waals surface area contributed by atoms with E-state index in [1.165, 1.54) is 7.11 Å². The van der Waals surface area contributed by atoms with Gasteiger partial charge in [-0.3, -0.25) is 9.59 Å². The van der Waals surface area contributed by atoms with Gasteiger partial charge in [0.1, 0.15) is 5.75 Å². The Morgan fingerprint density at radius 2 is 1.74 bits per heavy atom. The minimum atomic E-state index is -0.560. The average Bonchev–Trinajstić information content (AvgIpc) is 3.15. The molecule has 0 unspecified atom stereocenters. The quantitative estimate of drug-likeness (QED) is 0.301. The topological polar surface area (TPSA) is 84.9 Å². The number of methoxy groups -OCH3 is 1. The van der Waals surface area contributed by atoms with Gasteiger partial charge in [-0.2, -0.15) is 0 Å². The molecule has 0 radical (unpaired) electrons. The Balaban J connectivity index is 1.44. The summed E-state index contributed by atoms with van der Waals surface area (Å²) in [6, 6.07) is 23.6. The monoisotopic (exact) mass is 530 g/mol. The molecule has 0 saturated heterocycles. The zero-order valence-electron chi connectivity index (χ0n) is 21.1. The number of hydrogen-bond acceptors (Lipinski definition) is 5. The average molecular weight is 531 g/mol. The highest BCUT2D eigenvalue weighted by Gasteiger charge is 2.36. The summed E-state index contributed by atoms with van der Waals surface area (Å²) in [5.74, 6) is -0.656. The van der Waals surface area contributed by atoms with Crippen LogP contribution in [0.1, 0.15) is 18.1 Å². The molecule has 4 rings (SSSR count). The fourth-order valence-electron chi connectivity index (χ4n) is 4.12. The van der Waals surface area contributed by atoms with Crippen LogP contribution in [0.5, 0.6) is 5.75 Å². The molecule has 7 nitrogen and oxygen atoms in total. The molecule has 0 aliphatic carbocycles. The lowest BCUT2D eigenvalue weighted by Crippen LogP contribution is -2.27. The van der Waals surface area contributed by atoms with Gasteiger partial charge >= 0.3 is 5.97 Å². The van der Waals surface area contributed by atoms with Crippen molar-refractivity contribution in [3.05, 3.63) is 112 Å². The molecule has 1 N–H and O–H groups in total. The van der Waals surface area contributed by atoms with Crippen molar-refractivity contribution < 1.29 is 23.9 Å². The summed E-state index contributed by atoms with van der Waals surface area (Å²) >= 11 is 5.94. The third-order valence-corrected chi connectivity index (χ3v) is 6.27. The molecule has 1 aliphatic rings. The van der Waals surface area contributed by atoms with E-state index >= 15 is 0 Å². The summed E-state index contributed by atoms with van der Waals surface area (Å²) in [6.45, 7) is 2.01. The minimum absolute atomic E-state index is 0.184. The molecule has 0 saturated carbocycles. The first kappa shape index (κ1) is 26.7. The van der Waals surface area contributed by atoms with Crippen molar-refractivity contribution in [2.24, 2.45) is 0 Å². The smallest absolute Gasteiger partial charge is 0.340 e. The SMILES string of the molecule is COC(=O)C1=C(C)N(CCc2ccccc2)C(=O)C1=Cc1ccc(OCC(=O)Nc2cccc(Cl)c2)cc1. The predicted molar refractivity (Wildman–Crippen MR) is 147 cm³/mol. The number of carbonyl (C=O) groups excluding carboxylic acids is 3. The number of ether oxygens (including phenoxy) is 2. The highest BCUT2D eigenvalue weighted by molar-refractivity contribution is 6.30. The molecule has 0 atom stereocenters. The highest BCUT2D eigenvalue weighted by Crippen LogP contribution is 2.32. The Hall–Kier alpha value is -4.36. The predicted octanol–water partition coefficient (Wildman–Crippen LogP) is 5.27. The Morgan fingerprint density at radius 1 is 1.00 bits per heavy atom. The lowest BCUT2D eigenvalue weighted by molar-refractivity contribution is -0.136. The van der Waals surface area contributed by atoms with Crippen LogP contribution in [0.3, 0.4) is 0 Å². The number of amides is 2.